The quantitative estimate of drug-likeness (QED) is 0.569. The van der Waals surface area contributed by atoms with E-state index >= 15 is 0 Å². The molecule has 3 aromatic rings. The van der Waals surface area contributed by atoms with Gasteiger partial charge in [-0.2, -0.15) is 0 Å². The first-order valence-corrected chi connectivity index (χ1v) is 4.80. The van der Waals surface area contributed by atoms with Crippen LogP contribution in [-0.4, -0.2) is 4.98 Å². The van der Waals surface area contributed by atoms with Gasteiger partial charge in [-0.3, -0.25) is 0 Å². The molecular formula is C12H7ClN. The Bertz CT molecular complexity index is 610. The van der Waals surface area contributed by atoms with Gasteiger partial charge in [0.1, 0.15) is 0 Å². The average Bonchev–Trinajstić information content (AvgIpc) is 2.54. The van der Waals surface area contributed by atoms with Crippen LogP contribution < -0.4 is 0 Å². The van der Waals surface area contributed by atoms with Gasteiger partial charge in [0.2, 0.25) is 0 Å². The molecule has 2 heteroatoms. The SMILES string of the molecule is Clc1[c]c2[nH]c3ccccc3c2cc1. The molecule has 1 radical (unpaired) electrons. The highest BCUT2D eigenvalue weighted by Crippen LogP contribution is 2.26. The fraction of sp³-hybridized carbons (Fsp3) is 0. The van der Waals surface area contributed by atoms with Gasteiger partial charge in [-0.1, -0.05) is 35.9 Å². The number of rotatable bonds is 0. The molecule has 3 rings (SSSR count). The normalized spacial score (nSPS) is 11.2. The van der Waals surface area contributed by atoms with Gasteiger partial charge in [-0.25, -0.2) is 0 Å². The van der Waals surface area contributed by atoms with E-state index < -0.39 is 0 Å². The monoisotopic (exact) mass is 200 g/mol. The minimum atomic E-state index is 0.643. The number of aromatic nitrogens is 1. The van der Waals surface area contributed by atoms with Crippen molar-refractivity contribution in [1.82, 2.24) is 4.98 Å². The van der Waals surface area contributed by atoms with E-state index in [0.717, 1.165) is 11.0 Å². The van der Waals surface area contributed by atoms with Crippen LogP contribution in [-0.2, 0) is 0 Å². The lowest BCUT2D eigenvalue weighted by Crippen LogP contribution is -1.67. The van der Waals surface area contributed by atoms with Crippen LogP contribution in [0.4, 0.5) is 0 Å². The summed E-state index contributed by atoms with van der Waals surface area (Å²) in [7, 11) is 0. The first kappa shape index (κ1) is 7.89. The van der Waals surface area contributed by atoms with E-state index in [2.05, 4.69) is 23.2 Å². The Morgan fingerprint density at radius 2 is 1.86 bits per heavy atom. The zero-order valence-electron chi connectivity index (χ0n) is 7.34. The largest absolute Gasteiger partial charge is 0.354 e. The first-order valence-electron chi connectivity index (χ1n) is 4.43. The van der Waals surface area contributed by atoms with E-state index in [9.17, 15) is 0 Å². The summed E-state index contributed by atoms with van der Waals surface area (Å²) in [5.74, 6) is 0. The number of aromatic amines is 1. The number of hydrogen-bond acceptors (Lipinski definition) is 0. The molecular weight excluding hydrogens is 194 g/mol. The predicted molar refractivity (Wildman–Crippen MR) is 59.7 cm³/mol. The topological polar surface area (TPSA) is 15.8 Å². The molecule has 1 aromatic heterocycles. The van der Waals surface area contributed by atoms with Crippen LogP contribution in [0, 0.1) is 6.07 Å². The molecule has 0 aliphatic carbocycles. The van der Waals surface area contributed by atoms with Crippen LogP contribution in [0.5, 0.6) is 0 Å². The average molecular weight is 201 g/mol. The van der Waals surface area contributed by atoms with Gasteiger partial charge in [0.05, 0.1) is 10.5 Å². The summed E-state index contributed by atoms with van der Waals surface area (Å²) in [5.41, 5.74) is 2.10. The summed E-state index contributed by atoms with van der Waals surface area (Å²) >= 11 is 5.87. The first-order chi connectivity index (χ1) is 6.84. The molecule has 0 amide bonds. The summed E-state index contributed by atoms with van der Waals surface area (Å²) in [5, 5.41) is 3.03. The van der Waals surface area contributed by atoms with Gasteiger partial charge in [0.25, 0.3) is 0 Å². The summed E-state index contributed by atoms with van der Waals surface area (Å²) in [6, 6.07) is 15.2. The van der Waals surface area contributed by atoms with E-state index in [1.807, 2.05) is 24.3 Å². The van der Waals surface area contributed by atoms with Crippen molar-refractivity contribution in [3.8, 4) is 0 Å². The van der Waals surface area contributed by atoms with E-state index in [4.69, 9.17) is 11.6 Å². The van der Waals surface area contributed by atoms with Crippen molar-refractivity contribution in [1.29, 1.82) is 0 Å². The van der Waals surface area contributed by atoms with Crippen LogP contribution in [0.1, 0.15) is 0 Å². The maximum Gasteiger partial charge on any atom is 0.0560 e. The summed E-state index contributed by atoms with van der Waals surface area (Å²) < 4.78 is 0. The van der Waals surface area contributed by atoms with E-state index in [1.54, 1.807) is 0 Å². The zero-order chi connectivity index (χ0) is 9.54. The molecule has 0 unspecified atom stereocenters. The number of H-pyrrole nitrogens is 1. The van der Waals surface area contributed by atoms with Gasteiger partial charge in [-0.05, 0) is 12.1 Å². The number of fused-ring (bicyclic) bond motifs is 3. The molecule has 0 saturated carbocycles. The Balaban J connectivity index is 2.57. The highest BCUT2D eigenvalue weighted by Gasteiger charge is 2.02. The standard InChI is InChI=1S/C12H7ClN/c13-8-5-6-10-9-3-1-2-4-11(9)14-12(10)7-8/h1-6,14H. The predicted octanol–water partition coefficient (Wildman–Crippen LogP) is 3.77. The van der Waals surface area contributed by atoms with Crippen molar-refractivity contribution < 1.29 is 0 Å². The smallest absolute Gasteiger partial charge is 0.0560 e. The Kier molecular flexibility index (Phi) is 1.55. The van der Waals surface area contributed by atoms with Crippen LogP contribution in [0.2, 0.25) is 5.02 Å². The van der Waals surface area contributed by atoms with Gasteiger partial charge < -0.3 is 4.98 Å². The van der Waals surface area contributed by atoms with Crippen LogP contribution in [0.25, 0.3) is 21.8 Å². The van der Waals surface area contributed by atoms with E-state index in [-0.39, 0.29) is 0 Å². The molecule has 0 spiro atoms. The zero-order valence-corrected chi connectivity index (χ0v) is 8.10. The fourth-order valence-corrected chi connectivity index (χ4v) is 1.91. The molecule has 1 nitrogen and oxygen atoms in total. The van der Waals surface area contributed by atoms with Gasteiger partial charge in [0, 0.05) is 22.4 Å². The van der Waals surface area contributed by atoms with Crippen molar-refractivity contribution >= 4 is 33.4 Å². The molecule has 0 aliphatic rings. The molecule has 0 fully saturated rings. The Morgan fingerprint density at radius 3 is 2.79 bits per heavy atom. The molecule has 0 saturated heterocycles. The number of nitrogens with one attached hydrogen (secondary N) is 1. The van der Waals surface area contributed by atoms with E-state index in [0.29, 0.717) is 5.02 Å². The minimum Gasteiger partial charge on any atom is -0.354 e. The maximum absolute atomic E-state index is 5.87. The molecule has 0 aliphatic heterocycles. The third-order valence-electron chi connectivity index (χ3n) is 2.39. The second kappa shape index (κ2) is 2.76. The third-order valence-corrected chi connectivity index (χ3v) is 2.61. The Hall–Kier alpha value is -1.47. The second-order valence-corrected chi connectivity index (χ2v) is 3.67. The lowest BCUT2D eigenvalue weighted by molar-refractivity contribution is 1.54. The summed E-state index contributed by atoms with van der Waals surface area (Å²) in [6.07, 6.45) is 0. The third kappa shape index (κ3) is 1.03. The van der Waals surface area contributed by atoms with E-state index in [1.165, 1.54) is 10.8 Å². The number of benzene rings is 2. The van der Waals surface area contributed by atoms with Crippen molar-refractivity contribution in [2.24, 2.45) is 0 Å². The van der Waals surface area contributed by atoms with Crippen molar-refractivity contribution in [3.05, 3.63) is 47.5 Å². The van der Waals surface area contributed by atoms with Crippen LogP contribution in [0.15, 0.2) is 36.4 Å². The van der Waals surface area contributed by atoms with Crippen molar-refractivity contribution in [2.45, 2.75) is 0 Å². The lowest BCUT2D eigenvalue weighted by atomic mass is 10.2. The molecule has 0 bridgehead atoms. The fourth-order valence-electron chi connectivity index (χ4n) is 1.75. The molecule has 14 heavy (non-hydrogen) atoms. The number of hydrogen-bond donors (Lipinski definition) is 1. The molecule has 67 valence electrons. The van der Waals surface area contributed by atoms with Gasteiger partial charge in [0.15, 0.2) is 0 Å². The number of halogens is 1. The highest BCUT2D eigenvalue weighted by molar-refractivity contribution is 6.31. The number of para-hydroxylation sites is 1. The summed E-state index contributed by atoms with van der Waals surface area (Å²) in [6.45, 7) is 0. The Morgan fingerprint density at radius 1 is 1.00 bits per heavy atom. The summed E-state index contributed by atoms with van der Waals surface area (Å²) in [4.78, 5) is 3.28. The van der Waals surface area contributed by atoms with Gasteiger partial charge in [-0.15, -0.1) is 0 Å². The second-order valence-electron chi connectivity index (χ2n) is 3.27. The molecule has 1 N–H and O–H groups in total. The molecule has 1 heterocycles. The highest BCUT2D eigenvalue weighted by atomic mass is 35.5. The lowest BCUT2D eigenvalue weighted by Gasteiger charge is -1.90. The Labute approximate surface area is 86.3 Å². The molecule has 0 atom stereocenters. The molecule has 2 aromatic carbocycles. The van der Waals surface area contributed by atoms with Gasteiger partial charge >= 0.3 is 0 Å². The van der Waals surface area contributed by atoms with Crippen LogP contribution >= 0.6 is 11.6 Å². The van der Waals surface area contributed by atoms with Crippen molar-refractivity contribution in [2.75, 3.05) is 0 Å². The van der Waals surface area contributed by atoms with Crippen molar-refractivity contribution in [3.63, 3.8) is 0 Å². The minimum absolute atomic E-state index is 0.643. The maximum atomic E-state index is 5.87. The van der Waals surface area contributed by atoms with Crippen LogP contribution in [0.3, 0.4) is 0 Å².